The minimum atomic E-state index is 0. The van der Waals surface area contributed by atoms with Gasteiger partial charge in [0.2, 0.25) is 5.89 Å². The predicted molar refractivity (Wildman–Crippen MR) is 98.3 cm³/mol. The van der Waals surface area contributed by atoms with E-state index < -0.39 is 0 Å². The van der Waals surface area contributed by atoms with Gasteiger partial charge in [-0.05, 0) is 19.3 Å². The third-order valence-corrected chi connectivity index (χ3v) is 4.28. The van der Waals surface area contributed by atoms with Crippen LogP contribution in [-0.4, -0.2) is 47.9 Å². The van der Waals surface area contributed by atoms with Gasteiger partial charge < -0.3 is 19.9 Å². The van der Waals surface area contributed by atoms with Gasteiger partial charge in [0.15, 0.2) is 11.8 Å². The zero-order valence-electron chi connectivity index (χ0n) is 13.9. The number of halogens is 1. The highest BCUT2D eigenvalue weighted by atomic mass is 127. The van der Waals surface area contributed by atoms with E-state index in [1.54, 1.807) is 7.05 Å². The first-order valence-corrected chi connectivity index (χ1v) is 8.11. The number of ether oxygens (including phenoxy) is 1. The Morgan fingerprint density at radius 3 is 2.78 bits per heavy atom. The Bertz CT molecular complexity index is 534. The van der Waals surface area contributed by atoms with Crippen LogP contribution in [0.2, 0.25) is 0 Å². The maximum Gasteiger partial charge on any atom is 0.228 e. The minimum Gasteiger partial charge on any atom is -0.373 e. The molecule has 0 spiro atoms. The number of fused-ring (bicyclic) bond motifs is 2. The quantitative estimate of drug-likeness (QED) is 0.417. The van der Waals surface area contributed by atoms with Crippen LogP contribution in [0.25, 0.3) is 0 Å². The van der Waals surface area contributed by atoms with Crippen molar-refractivity contribution in [3.8, 4) is 0 Å². The molecule has 2 aliphatic rings. The maximum atomic E-state index is 5.85. The summed E-state index contributed by atoms with van der Waals surface area (Å²) in [6.07, 6.45) is 4.89. The average molecular weight is 435 g/mol. The summed E-state index contributed by atoms with van der Waals surface area (Å²) in [5, 5.41) is 10.7. The lowest BCUT2D eigenvalue weighted by Gasteiger charge is -2.22. The van der Waals surface area contributed by atoms with Crippen molar-refractivity contribution in [3.63, 3.8) is 0 Å². The first-order chi connectivity index (χ1) is 10.7. The molecule has 8 heteroatoms. The molecule has 2 fully saturated rings. The first-order valence-electron chi connectivity index (χ1n) is 8.11. The van der Waals surface area contributed by atoms with Crippen molar-refractivity contribution in [2.45, 2.75) is 63.7 Å². The number of nitrogens with zero attached hydrogens (tertiary/aromatic N) is 3. The molecule has 0 radical (unpaired) electrons. The summed E-state index contributed by atoms with van der Waals surface area (Å²) >= 11 is 0. The lowest BCUT2D eigenvalue weighted by Crippen LogP contribution is -2.47. The lowest BCUT2D eigenvalue weighted by atomic mass is 9.96. The van der Waals surface area contributed by atoms with Gasteiger partial charge in [-0.3, -0.25) is 4.99 Å². The Morgan fingerprint density at radius 1 is 1.39 bits per heavy atom. The number of nitrogens with one attached hydrogen (secondary N) is 2. The van der Waals surface area contributed by atoms with Crippen molar-refractivity contribution in [2.24, 2.45) is 4.99 Å². The molecule has 1 aromatic heterocycles. The highest BCUT2D eigenvalue weighted by Gasteiger charge is 2.41. The standard InChI is InChI=1S/C15H25N5O2.HI/c1-9(2)14-19-13(22-20-14)6-7-17-15(16-3)18-11-8-10-4-5-12(11)21-10;/h9-12H,4-8H2,1-3H3,(H2,16,17,18);1H. The summed E-state index contributed by atoms with van der Waals surface area (Å²) in [6.45, 7) is 4.81. The molecule has 0 aliphatic carbocycles. The lowest BCUT2D eigenvalue weighted by molar-refractivity contribution is 0.0992. The molecular weight excluding hydrogens is 409 g/mol. The van der Waals surface area contributed by atoms with Crippen LogP contribution in [0.15, 0.2) is 9.52 Å². The number of aromatic nitrogens is 2. The molecule has 2 saturated heterocycles. The molecule has 3 unspecified atom stereocenters. The van der Waals surface area contributed by atoms with Gasteiger partial charge in [0.1, 0.15) is 0 Å². The Kier molecular flexibility index (Phi) is 6.63. The van der Waals surface area contributed by atoms with Crippen LogP contribution in [-0.2, 0) is 11.2 Å². The van der Waals surface area contributed by atoms with E-state index in [4.69, 9.17) is 9.26 Å². The van der Waals surface area contributed by atoms with Crippen LogP contribution in [0, 0.1) is 0 Å². The highest BCUT2D eigenvalue weighted by Crippen LogP contribution is 2.34. The molecule has 3 heterocycles. The van der Waals surface area contributed by atoms with E-state index in [1.807, 2.05) is 0 Å². The number of guanidine groups is 1. The monoisotopic (exact) mass is 435 g/mol. The van der Waals surface area contributed by atoms with Crippen LogP contribution in [0.5, 0.6) is 0 Å². The zero-order chi connectivity index (χ0) is 15.5. The second-order valence-corrected chi connectivity index (χ2v) is 6.31. The van der Waals surface area contributed by atoms with E-state index in [0.717, 1.165) is 24.6 Å². The fraction of sp³-hybridized carbons (Fsp3) is 0.800. The van der Waals surface area contributed by atoms with E-state index >= 15 is 0 Å². The largest absolute Gasteiger partial charge is 0.373 e. The smallest absolute Gasteiger partial charge is 0.228 e. The summed E-state index contributed by atoms with van der Waals surface area (Å²) in [4.78, 5) is 8.64. The van der Waals surface area contributed by atoms with Crippen LogP contribution in [0.4, 0.5) is 0 Å². The summed E-state index contributed by atoms with van der Waals surface area (Å²) in [7, 11) is 1.78. The second kappa shape index (κ2) is 8.27. The molecule has 23 heavy (non-hydrogen) atoms. The molecule has 3 atom stereocenters. The molecule has 1 aromatic rings. The Hall–Kier alpha value is -0.900. The fourth-order valence-corrected chi connectivity index (χ4v) is 3.05. The van der Waals surface area contributed by atoms with Gasteiger partial charge in [-0.25, -0.2) is 0 Å². The van der Waals surface area contributed by atoms with Gasteiger partial charge in [0.05, 0.1) is 18.2 Å². The minimum absolute atomic E-state index is 0. The molecule has 2 N–H and O–H groups in total. The summed E-state index contributed by atoms with van der Waals surface area (Å²) in [6, 6.07) is 0.376. The van der Waals surface area contributed by atoms with Crippen molar-refractivity contribution < 1.29 is 9.26 Å². The van der Waals surface area contributed by atoms with Gasteiger partial charge in [-0.2, -0.15) is 4.98 Å². The van der Waals surface area contributed by atoms with E-state index in [-0.39, 0.29) is 29.9 Å². The molecule has 7 nitrogen and oxygen atoms in total. The average Bonchev–Trinajstić information content (AvgIpc) is 3.22. The van der Waals surface area contributed by atoms with Crippen LogP contribution >= 0.6 is 24.0 Å². The zero-order valence-corrected chi connectivity index (χ0v) is 16.2. The summed E-state index contributed by atoms with van der Waals surface area (Å²) in [5.41, 5.74) is 0. The topological polar surface area (TPSA) is 84.6 Å². The van der Waals surface area contributed by atoms with Crippen molar-refractivity contribution in [1.29, 1.82) is 0 Å². The summed E-state index contributed by atoms with van der Waals surface area (Å²) < 4.78 is 11.1. The molecule has 2 bridgehead atoms. The number of hydrogen-bond acceptors (Lipinski definition) is 5. The van der Waals surface area contributed by atoms with Crippen molar-refractivity contribution in [2.75, 3.05) is 13.6 Å². The second-order valence-electron chi connectivity index (χ2n) is 6.31. The molecule has 0 aromatic carbocycles. The Balaban J connectivity index is 0.00000192. The SMILES string of the molecule is CN=C(NCCc1nc(C(C)C)no1)NC1CC2CCC1O2.I. The van der Waals surface area contributed by atoms with Gasteiger partial charge >= 0.3 is 0 Å². The molecule has 130 valence electrons. The number of hydrogen-bond donors (Lipinski definition) is 2. The van der Waals surface area contributed by atoms with Crippen molar-refractivity contribution in [1.82, 2.24) is 20.8 Å². The predicted octanol–water partition coefficient (Wildman–Crippen LogP) is 1.84. The molecule has 0 amide bonds. The maximum absolute atomic E-state index is 5.85. The highest BCUT2D eigenvalue weighted by molar-refractivity contribution is 14.0. The number of rotatable bonds is 5. The molecule has 0 saturated carbocycles. The van der Waals surface area contributed by atoms with Gasteiger partial charge in [0, 0.05) is 25.9 Å². The first kappa shape index (κ1) is 18.4. The summed E-state index contributed by atoms with van der Waals surface area (Å²) in [5.74, 6) is 2.52. The Labute approximate surface area is 154 Å². The van der Waals surface area contributed by atoms with Crippen LogP contribution in [0.3, 0.4) is 0 Å². The molecule has 2 aliphatic heterocycles. The van der Waals surface area contributed by atoms with Crippen LogP contribution in [0.1, 0.15) is 50.7 Å². The normalized spacial score (nSPS) is 26.4. The fourth-order valence-electron chi connectivity index (χ4n) is 3.05. The van der Waals surface area contributed by atoms with Crippen molar-refractivity contribution in [3.05, 3.63) is 11.7 Å². The van der Waals surface area contributed by atoms with Gasteiger partial charge in [-0.1, -0.05) is 19.0 Å². The van der Waals surface area contributed by atoms with E-state index in [9.17, 15) is 0 Å². The van der Waals surface area contributed by atoms with Gasteiger partial charge in [0.25, 0.3) is 0 Å². The Morgan fingerprint density at radius 2 is 2.22 bits per heavy atom. The van der Waals surface area contributed by atoms with Crippen molar-refractivity contribution >= 4 is 29.9 Å². The van der Waals surface area contributed by atoms with E-state index in [2.05, 4.69) is 39.6 Å². The van der Waals surface area contributed by atoms with Crippen LogP contribution < -0.4 is 10.6 Å². The van der Waals surface area contributed by atoms with E-state index in [1.165, 1.54) is 6.42 Å². The molecular formula is C15H26IN5O2. The van der Waals surface area contributed by atoms with E-state index in [0.29, 0.717) is 37.1 Å². The third-order valence-electron chi connectivity index (χ3n) is 4.28. The molecule has 3 rings (SSSR count). The third kappa shape index (κ3) is 4.56. The number of aliphatic imine (C=N–C) groups is 1. The van der Waals surface area contributed by atoms with Gasteiger partial charge in [-0.15, -0.1) is 24.0 Å².